The molecule has 1 spiro atoms. The van der Waals surface area contributed by atoms with Crippen LogP contribution in [0, 0.1) is 22.5 Å². The van der Waals surface area contributed by atoms with E-state index in [2.05, 4.69) is 0 Å². The lowest BCUT2D eigenvalue weighted by Crippen LogP contribution is -2.68. The van der Waals surface area contributed by atoms with E-state index in [1.54, 1.807) is 18.1 Å². The van der Waals surface area contributed by atoms with Crippen molar-refractivity contribution in [3.63, 3.8) is 0 Å². The molecule has 3 aliphatic heterocycles. The molecule has 1 amide bonds. The molecule has 1 aromatic carbocycles. The van der Waals surface area contributed by atoms with Gasteiger partial charge in [-0.05, 0) is 24.5 Å². The average Bonchev–Trinajstić information content (AvgIpc) is 2.88. The number of hydrogen-bond donors (Lipinski definition) is 2. The summed E-state index contributed by atoms with van der Waals surface area (Å²) in [5, 5.41) is 16.3. The van der Waals surface area contributed by atoms with Gasteiger partial charge in [-0.25, -0.2) is 8.78 Å². The number of likely N-dealkylation sites (N-methyl/N-ethyl adjacent to an activating group) is 1. The van der Waals surface area contributed by atoms with Crippen molar-refractivity contribution in [3.05, 3.63) is 47.2 Å². The van der Waals surface area contributed by atoms with Crippen LogP contribution in [0.3, 0.4) is 0 Å². The van der Waals surface area contributed by atoms with Gasteiger partial charge < -0.3 is 4.74 Å². The third-order valence-corrected chi connectivity index (χ3v) is 8.55. The summed E-state index contributed by atoms with van der Waals surface area (Å²) in [6.45, 7) is 0.0680. The Hall–Kier alpha value is -2.76. The van der Waals surface area contributed by atoms with Crippen LogP contribution in [0.15, 0.2) is 30.0 Å². The van der Waals surface area contributed by atoms with Crippen LogP contribution in [0.1, 0.15) is 37.7 Å². The van der Waals surface area contributed by atoms with Crippen molar-refractivity contribution in [2.75, 3.05) is 13.8 Å². The minimum atomic E-state index is -1.21. The Bertz CT molecular complexity index is 1220. The lowest BCUT2D eigenvalue weighted by atomic mass is 9.89. The Kier molecular flexibility index (Phi) is 5.77. The molecule has 1 saturated carbocycles. The van der Waals surface area contributed by atoms with Crippen molar-refractivity contribution < 1.29 is 32.4 Å². The molecule has 35 heavy (non-hydrogen) atoms. The van der Waals surface area contributed by atoms with E-state index in [4.69, 9.17) is 15.6 Å². The molecule has 5 rings (SSSR count). The van der Waals surface area contributed by atoms with Gasteiger partial charge in [0.1, 0.15) is 35.2 Å². The van der Waals surface area contributed by atoms with Gasteiger partial charge in [0, 0.05) is 25.3 Å². The molecule has 0 aromatic heterocycles. The number of amides is 1. The highest BCUT2D eigenvalue weighted by Crippen LogP contribution is 2.51. The first-order chi connectivity index (χ1) is 16.6. The minimum absolute atomic E-state index is 0.0487. The SMILES string of the molecule is C[N+]12C=C(C(=N)SC(=N)Cc3ccc(F)cc3F)C(=O)C(=O)C1C(=O)N1COC3CCCCC12C3. The van der Waals surface area contributed by atoms with Crippen molar-refractivity contribution in [3.8, 4) is 0 Å². The Labute approximate surface area is 204 Å². The topological polar surface area (TPSA) is 111 Å². The average molecular weight is 504 g/mol. The van der Waals surface area contributed by atoms with Crippen LogP contribution in [0.2, 0.25) is 0 Å². The monoisotopic (exact) mass is 503 g/mol. The molecule has 0 radical (unpaired) electrons. The van der Waals surface area contributed by atoms with Crippen molar-refractivity contribution in [2.45, 2.75) is 56.3 Å². The summed E-state index contributed by atoms with van der Waals surface area (Å²) < 4.78 is 32.9. The van der Waals surface area contributed by atoms with Crippen LogP contribution in [-0.2, 0) is 25.5 Å². The molecule has 8 nitrogen and oxygen atoms in total. The fourth-order valence-corrected chi connectivity index (χ4v) is 6.70. The molecule has 1 aromatic rings. The van der Waals surface area contributed by atoms with Crippen molar-refractivity contribution in [1.82, 2.24) is 4.90 Å². The summed E-state index contributed by atoms with van der Waals surface area (Å²) in [5.41, 5.74) is -0.806. The number of halogens is 2. The van der Waals surface area contributed by atoms with E-state index in [0.29, 0.717) is 24.6 Å². The molecule has 4 aliphatic rings. The number of benzene rings is 1. The van der Waals surface area contributed by atoms with Crippen LogP contribution >= 0.6 is 11.8 Å². The number of carbonyl (C=O) groups excluding carboxylic acids is 3. The second-order valence-corrected chi connectivity index (χ2v) is 10.8. The Morgan fingerprint density at radius 3 is 2.77 bits per heavy atom. The van der Waals surface area contributed by atoms with Crippen molar-refractivity contribution >= 4 is 39.3 Å². The van der Waals surface area contributed by atoms with E-state index in [-0.39, 0.29) is 45.0 Å². The van der Waals surface area contributed by atoms with E-state index in [0.717, 1.165) is 31.4 Å². The van der Waals surface area contributed by atoms with E-state index < -0.39 is 40.8 Å². The Morgan fingerprint density at radius 1 is 1.26 bits per heavy atom. The second-order valence-electron chi connectivity index (χ2n) is 9.67. The molecule has 4 atom stereocenters. The number of ether oxygens (including phenoxy) is 1. The van der Waals surface area contributed by atoms with E-state index >= 15 is 0 Å². The van der Waals surface area contributed by atoms with E-state index in [1.165, 1.54) is 6.07 Å². The highest BCUT2D eigenvalue weighted by Gasteiger charge is 2.72. The number of hydrogen-bond acceptors (Lipinski definition) is 7. The van der Waals surface area contributed by atoms with Gasteiger partial charge in [-0.15, -0.1) is 0 Å². The Balaban J connectivity index is 1.46. The van der Waals surface area contributed by atoms with Crippen LogP contribution in [-0.4, -0.2) is 68.5 Å². The lowest BCUT2D eigenvalue weighted by molar-refractivity contribution is -0.923. The molecule has 2 N–H and O–H groups in total. The summed E-state index contributed by atoms with van der Waals surface area (Å²) in [6, 6.07) is 1.82. The molecule has 4 unspecified atom stereocenters. The minimum Gasteiger partial charge on any atom is -0.357 e. The predicted molar refractivity (Wildman–Crippen MR) is 124 cm³/mol. The highest BCUT2D eigenvalue weighted by molar-refractivity contribution is 8.26. The second kappa shape index (κ2) is 8.42. The highest BCUT2D eigenvalue weighted by atomic mass is 32.2. The van der Waals surface area contributed by atoms with Crippen LogP contribution in [0.5, 0.6) is 0 Å². The third-order valence-electron chi connectivity index (χ3n) is 7.73. The van der Waals surface area contributed by atoms with Gasteiger partial charge in [0.25, 0.3) is 11.7 Å². The van der Waals surface area contributed by atoms with Gasteiger partial charge in [0.05, 0.1) is 18.2 Å². The van der Waals surface area contributed by atoms with Gasteiger partial charge in [0.15, 0.2) is 5.66 Å². The first-order valence-corrected chi connectivity index (χ1v) is 12.3. The number of quaternary nitrogens is 1. The molecular formula is C24H25F2N4O4S+. The van der Waals surface area contributed by atoms with Gasteiger partial charge in [-0.1, -0.05) is 24.2 Å². The molecule has 184 valence electrons. The normalized spacial score (nSPS) is 32.0. The summed E-state index contributed by atoms with van der Waals surface area (Å²) in [5.74, 6) is -3.76. The fourth-order valence-electron chi connectivity index (χ4n) is 5.97. The molecule has 11 heteroatoms. The standard InChI is InChI=1S/C24H25F2N4O4S/c1-30-11-16(22(28)35-18(27)8-13-5-6-14(25)9-17(13)26)20(31)21(32)19(30)23(33)29-12-34-15-4-2-3-7-24(29,30)10-15/h5-6,9,11,15,19,27-28H,2-4,7-8,10,12H2,1H3/q+1. The number of carbonyl (C=O) groups is 3. The number of fused-ring (bicyclic) bond motifs is 2. The molecule has 1 aliphatic carbocycles. The fraction of sp³-hybridized carbons (Fsp3) is 0.458. The summed E-state index contributed by atoms with van der Waals surface area (Å²) in [6.07, 6.45) is 5.13. The van der Waals surface area contributed by atoms with Crippen LogP contribution in [0.4, 0.5) is 8.78 Å². The number of ketones is 2. The molecule has 3 heterocycles. The molecule has 3 fully saturated rings. The first kappa shape index (κ1) is 24.0. The number of nitrogens with zero attached hydrogens (tertiary/aromatic N) is 2. The van der Waals surface area contributed by atoms with Crippen molar-refractivity contribution in [2.24, 2.45) is 0 Å². The number of Topliss-reactive ketones (excluding diaryl/α,β-unsaturated/α-hetero) is 2. The van der Waals surface area contributed by atoms with Crippen molar-refractivity contribution in [1.29, 1.82) is 10.8 Å². The quantitative estimate of drug-likeness (QED) is 0.217. The Morgan fingerprint density at radius 2 is 2.03 bits per heavy atom. The number of thioether (sulfide) groups is 1. The predicted octanol–water partition coefficient (Wildman–Crippen LogP) is 2.90. The molecule has 2 bridgehead atoms. The molecular weight excluding hydrogens is 478 g/mol. The summed E-state index contributed by atoms with van der Waals surface area (Å²) in [7, 11) is 1.76. The zero-order valence-electron chi connectivity index (χ0n) is 19.1. The zero-order valence-corrected chi connectivity index (χ0v) is 19.9. The maximum absolute atomic E-state index is 14.0. The van der Waals surface area contributed by atoms with Gasteiger partial charge in [0.2, 0.25) is 11.8 Å². The zero-order chi connectivity index (χ0) is 25.1. The van der Waals surface area contributed by atoms with Gasteiger partial charge in [-0.2, -0.15) is 0 Å². The van der Waals surface area contributed by atoms with Crippen LogP contribution < -0.4 is 0 Å². The molecule has 2 saturated heterocycles. The third kappa shape index (κ3) is 3.59. The summed E-state index contributed by atoms with van der Waals surface area (Å²) in [4.78, 5) is 41.2. The van der Waals surface area contributed by atoms with Gasteiger partial charge in [-0.3, -0.25) is 34.6 Å². The number of rotatable bonds is 3. The smallest absolute Gasteiger partial charge is 0.296 e. The maximum Gasteiger partial charge on any atom is 0.296 e. The first-order valence-electron chi connectivity index (χ1n) is 11.5. The van der Waals surface area contributed by atoms with Gasteiger partial charge >= 0.3 is 0 Å². The van der Waals surface area contributed by atoms with Crippen LogP contribution in [0.25, 0.3) is 0 Å². The van der Waals surface area contributed by atoms with E-state index in [1.807, 2.05) is 0 Å². The maximum atomic E-state index is 14.0. The summed E-state index contributed by atoms with van der Waals surface area (Å²) >= 11 is 0.639. The largest absolute Gasteiger partial charge is 0.357 e. The lowest BCUT2D eigenvalue weighted by Gasteiger charge is -2.51. The van der Waals surface area contributed by atoms with E-state index in [9.17, 15) is 23.2 Å². The number of nitrogens with one attached hydrogen (secondary N) is 2.